The molecule has 0 radical (unpaired) electrons. The monoisotopic (exact) mass is 285 g/mol. The minimum atomic E-state index is -0.393. The van der Waals surface area contributed by atoms with Gasteiger partial charge in [-0.15, -0.1) is 10.2 Å². The summed E-state index contributed by atoms with van der Waals surface area (Å²) in [4.78, 5) is 3.74. The molecular weight excluding hydrogens is 273 g/mol. The Balaban J connectivity index is 1.72. The fraction of sp³-hybridized carbons (Fsp3) is 0.308. The number of halogens is 1. The Kier molecular flexibility index (Phi) is 2.73. The predicted octanol–water partition coefficient (Wildman–Crippen LogP) is 1.40. The van der Waals surface area contributed by atoms with Crippen molar-refractivity contribution in [2.75, 3.05) is 0 Å². The number of H-pyrrole nitrogens is 2. The Morgan fingerprint density at radius 3 is 3.05 bits per heavy atom. The standard InChI is InChI=1S/C13H12FN7/c14-12-8(2-1-5-15-12)7-3-4-10-9(6-7)11(17-16-10)13-18-20-21-19-13/h1-2,5,7H,3-4,6H2,(H,16,17)(H,18,19,20,21). The minimum Gasteiger partial charge on any atom is -0.282 e. The van der Waals surface area contributed by atoms with Gasteiger partial charge in [-0.2, -0.15) is 14.7 Å². The molecule has 1 unspecified atom stereocenters. The van der Waals surface area contributed by atoms with Crippen LogP contribution < -0.4 is 0 Å². The smallest absolute Gasteiger partial charge is 0.225 e. The molecule has 1 aliphatic rings. The average Bonchev–Trinajstić information content (AvgIpc) is 3.16. The van der Waals surface area contributed by atoms with Crippen molar-refractivity contribution >= 4 is 0 Å². The molecule has 0 saturated carbocycles. The van der Waals surface area contributed by atoms with Crippen LogP contribution in [0, 0.1) is 5.95 Å². The van der Waals surface area contributed by atoms with E-state index in [-0.39, 0.29) is 5.92 Å². The van der Waals surface area contributed by atoms with Gasteiger partial charge in [-0.25, -0.2) is 4.98 Å². The lowest BCUT2D eigenvalue weighted by atomic mass is 9.82. The molecule has 8 heteroatoms. The van der Waals surface area contributed by atoms with E-state index in [1.807, 2.05) is 0 Å². The number of aryl methyl sites for hydroxylation is 1. The van der Waals surface area contributed by atoms with Crippen LogP contribution in [0.15, 0.2) is 18.3 Å². The first-order chi connectivity index (χ1) is 10.3. The number of aromatic nitrogens is 7. The first-order valence-corrected chi connectivity index (χ1v) is 6.73. The number of aromatic amines is 2. The second-order valence-corrected chi connectivity index (χ2v) is 5.09. The predicted molar refractivity (Wildman–Crippen MR) is 70.7 cm³/mol. The molecule has 4 rings (SSSR count). The third-order valence-corrected chi connectivity index (χ3v) is 3.93. The summed E-state index contributed by atoms with van der Waals surface area (Å²) in [5.74, 6) is 0.157. The molecule has 0 amide bonds. The highest BCUT2D eigenvalue weighted by Crippen LogP contribution is 2.36. The van der Waals surface area contributed by atoms with Crippen LogP contribution in [0.4, 0.5) is 4.39 Å². The number of fused-ring (bicyclic) bond motifs is 1. The van der Waals surface area contributed by atoms with E-state index in [2.05, 4.69) is 35.8 Å². The van der Waals surface area contributed by atoms with Crippen molar-refractivity contribution in [2.45, 2.75) is 25.2 Å². The minimum absolute atomic E-state index is 0.0921. The van der Waals surface area contributed by atoms with E-state index < -0.39 is 5.95 Å². The number of hydrogen-bond acceptors (Lipinski definition) is 5. The molecule has 1 aliphatic carbocycles. The van der Waals surface area contributed by atoms with Gasteiger partial charge in [-0.05, 0) is 36.5 Å². The molecule has 3 aromatic rings. The first-order valence-electron chi connectivity index (χ1n) is 6.73. The van der Waals surface area contributed by atoms with E-state index in [9.17, 15) is 4.39 Å². The third-order valence-electron chi connectivity index (χ3n) is 3.93. The van der Waals surface area contributed by atoms with Crippen LogP contribution in [0.25, 0.3) is 11.5 Å². The Bertz CT molecular complexity index is 765. The molecule has 0 bridgehead atoms. The van der Waals surface area contributed by atoms with Gasteiger partial charge in [0, 0.05) is 23.0 Å². The van der Waals surface area contributed by atoms with Gasteiger partial charge in [-0.1, -0.05) is 6.07 Å². The summed E-state index contributed by atoms with van der Waals surface area (Å²) in [6.07, 6.45) is 3.84. The molecule has 3 heterocycles. The van der Waals surface area contributed by atoms with Gasteiger partial charge in [0.25, 0.3) is 0 Å². The molecule has 0 aromatic carbocycles. The number of nitrogens with one attached hydrogen (secondary N) is 2. The van der Waals surface area contributed by atoms with Crippen molar-refractivity contribution in [2.24, 2.45) is 0 Å². The summed E-state index contributed by atoms with van der Waals surface area (Å²) in [5, 5.41) is 21.2. The van der Waals surface area contributed by atoms with Crippen molar-refractivity contribution in [1.29, 1.82) is 0 Å². The van der Waals surface area contributed by atoms with Crippen LogP contribution in [0.5, 0.6) is 0 Å². The van der Waals surface area contributed by atoms with Gasteiger partial charge in [0.2, 0.25) is 11.8 Å². The zero-order valence-corrected chi connectivity index (χ0v) is 11.0. The molecule has 0 saturated heterocycles. The highest BCUT2D eigenvalue weighted by molar-refractivity contribution is 5.56. The van der Waals surface area contributed by atoms with Crippen molar-refractivity contribution < 1.29 is 4.39 Å². The van der Waals surface area contributed by atoms with Crippen LogP contribution in [0.3, 0.4) is 0 Å². The Morgan fingerprint density at radius 2 is 2.24 bits per heavy atom. The van der Waals surface area contributed by atoms with Gasteiger partial charge < -0.3 is 0 Å². The van der Waals surface area contributed by atoms with Crippen molar-refractivity contribution in [3.8, 4) is 11.5 Å². The highest BCUT2D eigenvalue weighted by Gasteiger charge is 2.28. The van der Waals surface area contributed by atoms with Gasteiger partial charge >= 0.3 is 0 Å². The van der Waals surface area contributed by atoms with E-state index in [4.69, 9.17) is 0 Å². The molecule has 21 heavy (non-hydrogen) atoms. The van der Waals surface area contributed by atoms with Crippen LogP contribution >= 0.6 is 0 Å². The number of pyridine rings is 1. The van der Waals surface area contributed by atoms with E-state index >= 15 is 0 Å². The highest BCUT2D eigenvalue weighted by atomic mass is 19.1. The third kappa shape index (κ3) is 1.99. The Hall–Kier alpha value is -2.64. The number of tetrazole rings is 1. The lowest BCUT2D eigenvalue weighted by molar-refractivity contribution is 0.510. The maximum atomic E-state index is 13.9. The van der Waals surface area contributed by atoms with Crippen LogP contribution in [0.1, 0.15) is 29.2 Å². The van der Waals surface area contributed by atoms with Crippen LogP contribution in [-0.4, -0.2) is 35.8 Å². The van der Waals surface area contributed by atoms with Crippen LogP contribution in [-0.2, 0) is 12.8 Å². The molecule has 0 aliphatic heterocycles. The number of nitrogens with zero attached hydrogens (tertiary/aromatic N) is 5. The van der Waals surface area contributed by atoms with Crippen molar-refractivity contribution in [3.05, 3.63) is 41.1 Å². The largest absolute Gasteiger partial charge is 0.282 e. The van der Waals surface area contributed by atoms with Gasteiger partial charge in [0.1, 0.15) is 5.69 Å². The summed E-state index contributed by atoms with van der Waals surface area (Å²) < 4.78 is 13.9. The van der Waals surface area contributed by atoms with Gasteiger partial charge in [0.15, 0.2) is 0 Å². The lowest BCUT2D eigenvalue weighted by Crippen LogP contribution is -2.14. The SMILES string of the molecule is Fc1ncccc1C1CCc2[nH]nc(-c3nn[nH]n3)c2C1. The fourth-order valence-corrected chi connectivity index (χ4v) is 2.91. The average molecular weight is 285 g/mol. The van der Waals surface area contributed by atoms with E-state index in [0.717, 1.165) is 24.1 Å². The summed E-state index contributed by atoms with van der Waals surface area (Å²) in [6, 6.07) is 3.56. The number of rotatable bonds is 2. The van der Waals surface area contributed by atoms with Crippen molar-refractivity contribution in [1.82, 2.24) is 35.8 Å². The molecule has 0 spiro atoms. The molecule has 1 atom stereocenters. The van der Waals surface area contributed by atoms with Crippen LogP contribution in [0.2, 0.25) is 0 Å². The molecule has 106 valence electrons. The Morgan fingerprint density at radius 1 is 1.29 bits per heavy atom. The van der Waals surface area contributed by atoms with E-state index in [0.29, 0.717) is 23.5 Å². The molecule has 3 aromatic heterocycles. The maximum absolute atomic E-state index is 13.9. The molecule has 0 fully saturated rings. The summed E-state index contributed by atoms with van der Waals surface area (Å²) in [6.45, 7) is 0. The van der Waals surface area contributed by atoms with E-state index in [1.165, 1.54) is 6.20 Å². The second-order valence-electron chi connectivity index (χ2n) is 5.09. The first kappa shape index (κ1) is 12.1. The van der Waals surface area contributed by atoms with Crippen molar-refractivity contribution in [3.63, 3.8) is 0 Å². The maximum Gasteiger partial charge on any atom is 0.225 e. The topological polar surface area (TPSA) is 96.0 Å². The quantitative estimate of drug-likeness (QED) is 0.694. The van der Waals surface area contributed by atoms with Gasteiger partial charge in [0.05, 0.1) is 0 Å². The second kappa shape index (κ2) is 4.72. The van der Waals surface area contributed by atoms with E-state index in [1.54, 1.807) is 12.1 Å². The zero-order valence-electron chi connectivity index (χ0n) is 11.0. The summed E-state index contributed by atoms with van der Waals surface area (Å²) in [5.41, 5.74) is 3.45. The fourth-order valence-electron chi connectivity index (χ4n) is 2.91. The number of hydrogen-bond donors (Lipinski definition) is 2. The Labute approximate surface area is 119 Å². The lowest BCUT2D eigenvalue weighted by Gasteiger charge is -2.22. The molecule has 2 N–H and O–H groups in total. The summed E-state index contributed by atoms with van der Waals surface area (Å²) in [7, 11) is 0. The zero-order chi connectivity index (χ0) is 14.2. The van der Waals surface area contributed by atoms with Gasteiger partial charge in [-0.3, -0.25) is 5.10 Å². The molecular formula is C13H12FN7. The molecule has 7 nitrogen and oxygen atoms in total. The summed E-state index contributed by atoms with van der Waals surface area (Å²) >= 11 is 0. The normalized spacial score (nSPS) is 17.7.